The quantitative estimate of drug-likeness (QED) is 0.705. The Labute approximate surface area is 102 Å². The lowest BCUT2D eigenvalue weighted by Gasteiger charge is -2.28. The molecule has 0 saturated heterocycles. The number of nitrogens with two attached hydrogens (primary N) is 1. The number of nitrogens with one attached hydrogen (secondary N) is 1. The van der Waals surface area contributed by atoms with Crippen LogP contribution in [0.2, 0.25) is 0 Å². The van der Waals surface area contributed by atoms with Crippen molar-refractivity contribution in [1.29, 1.82) is 0 Å². The molecule has 1 rings (SSSR count). The number of hydrogen-bond donors (Lipinski definition) is 3. The Hall–Kier alpha value is -1.13. The Balaban J connectivity index is 3.16. The molecule has 88 valence electrons. The van der Waals surface area contributed by atoms with Crippen molar-refractivity contribution in [3.63, 3.8) is 0 Å². The molecule has 0 aliphatic carbocycles. The van der Waals surface area contributed by atoms with Gasteiger partial charge in [-0.15, -0.1) is 0 Å². The largest absolute Gasteiger partial charge is 0.385 e. The number of anilines is 1. The topological polar surface area (TPSA) is 58.3 Å². The van der Waals surface area contributed by atoms with Gasteiger partial charge in [-0.05, 0) is 31.1 Å². The second-order valence-electron chi connectivity index (χ2n) is 3.77. The molecule has 0 aromatic heterocycles. The van der Waals surface area contributed by atoms with Crippen molar-refractivity contribution in [2.45, 2.75) is 32.3 Å². The molecule has 0 amide bonds. The first-order valence-corrected chi connectivity index (χ1v) is 5.82. The van der Waals surface area contributed by atoms with Gasteiger partial charge in [-0.3, -0.25) is 0 Å². The Kier molecular flexibility index (Phi) is 4.26. The lowest BCUT2D eigenvalue weighted by molar-refractivity contribution is 0.0291. The number of para-hydroxylation sites is 1. The highest BCUT2D eigenvalue weighted by Gasteiger charge is 2.27. The summed E-state index contributed by atoms with van der Waals surface area (Å²) in [6.45, 7) is 3.92. The van der Waals surface area contributed by atoms with Crippen LogP contribution in [-0.4, -0.2) is 10.2 Å². The molecule has 1 aromatic rings. The fraction of sp³-hybridized carbons (Fsp3) is 0.417. The molecular weight excluding hydrogens is 220 g/mol. The average molecular weight is 238 g/mol. The predicted molar refractivity (Wildman–Crippen MR) is 71.3 cm³/mol. The van der Waals surface area contributed by atoms with Crippen LogP contribution in [0.1, 0.15) is 32.3 Å². The van der Waals surface area contributed by atoms with Gasteiger partial charge >= 0.3 is 0 Å². The van der Waals surface area contributed by atoms with Crippen LogP contribution < -0.4 is 11.1 Å². The van der Waals surface area contributed by atoms with Crippen LogP contribution in [-0.2, 0) is 5.60 Å². The van der Waals surface area contributed by atoms with Crippen molar-refractivity contribution in [3.05, 3.63) is 29.8 Å². The molecule has 4 N–H and O–H groups in total. The Morgan fingerprint density at radius 1 is 1.38 bits per heavy atom. The van der Waals surface area contributed by atoms with Gasteiger partial charge in [-0.2, -0.15) is 0 Å². The molecular formula is C12H18N2OS. The normalized spacial score (nSPS) is 11.2. The van der Waals surface area contributed by atoms with E-state index in [2.05, 4.69) is 5.32 Å². The Morgan fingerprint density at radius 3 is 2.44 bits per heavy atom. The molecule has 3 nitrogen and oxygen atoms in total. The zero-order valence-electron chi connectivity index (χ0n) is 9.66. The molecule has 0 aliphatic heterocycles. The first-order valence-electron chi connectivity index (χ1n) is 5.42. The highest BCUT2D eigenvalue weighted by molar-refractivity contribution is 7.80. The van der Waals surface area contributed by atoms with Gasteiger partial charge in [-0.25, -0.2) is 0 Å². The molecule has 4 heteroatoms. The first kappa shape index (κ1) is 12.9. The smallest absolute Gasteiger partial charge is 0.168 e. The van der Waals surface area contributed by atoms with Gasteiger partial charge in [0.25, 0.3) is 0 Å². The van der Waals surface area contributed by atoms with E-state index in [0.717, 1.165) is 11.3 Å². The summed E-state index contributed by atoms with van der Waals surface area (Å²) in [5.74, 6) is 0. The standard InChI is InChI=1S/C12H18N2OS/c1-3-12(15,4-2)9-7-5-6-8-10(9)14-11(13)16/h5-8,15H,3-4H2,1-2H3,(H3,13,14,16). The molecule has 16 heavy (non-hydrogen) atoms. The number of aliphatic hydroxyl groups is 1. The maximum atomic E-state index is 10.5. The molecule has 0 aliphatic rings. The first-order chi connectivity index (χ1) is 7.53. The van der Waals surface area contributed by atoms with Crippen molar-refractivity contribution in [3.8, 4) is 0 Å². The number of thiocarbonyl (C=S) groups is 1. The van der Waals surface area contributed by atoms with E-state index in [1.54, 1.807) is 0 Å². The van der Waals surface area contributed by atoms with Gasteiger partial charge in [0.1, 0.15) is 0 Å². The minimum Gasteiger partial charge on any atom is -0.385 e. The van der Waals surface area contributed by atoms with E-state index >= 15 is 0 Å². The maximum Gasteiger partial charge on any atom is 0.168 e. The van der Waals surface area contributed by atoms with E-state index in [1.165, 1.54) is 0 Å². The summed E-state index contributed by atoms with van der Waals surface area (Å²) < 4.78 is 0. The van der Waals surface area contributed by atoms with E-state index in [-0.39, 0.29) is 5.11 Å². The number of benzene rings is 1. The number of rotatable bonds is 4. The summed E-state index contributed by atoms with van der Waals surface area (Å²) in [5, 5.41) is 13.6. The van der Waals surface area contributed by atoms with Crippen LogP contribution in [0.4, 0.5) is 5.69 Å². The van der Waals surface area contributed by atoms with Gasteiger partial charge < -0.3 is 16.2 Å². The van der Waals surface area contributed by atoms with Crippen LogP contribution in [0.3, 0.4) is 0 Å². The van der Waals surface area contributed by atoms with Gasteiger partial charge in [0.15, 0.2) is 5.11 Å². The summed E-state index contributed by atoms with van der Waals surface area (Å²) >= 11 is 4.82. The average Bonchev–Trinajstić information content (AvgIpc) is 2.28. The number of hydrogen-bond acceptors (Lipinski definition) is 2. The van der Waals surface area contributed by atoms with Gasteiger partial charge in [-0.1, -0.05) is 32.0 Å². The molecule has 0 fully saturated rings. The van der Waals surface area contributed by atoms with Crippen molar-refractivity contribution in [1.82, 2.24) is 0 Å². The second-order valence-corrected chi connectivity index (χ2v) is 4.21. The van der Waals surface area contributed by atoms with Crippen LogP contribution in [0.15, 0.2) is 24.3 Å². The molecule has 0 bridgehead atoms. The molecule has 0 unspecified atom stereocenters. The highest BCUT2D eigenvalue weighted by Crippen LogP contribution is 2.33. The Morgan fingerprint density at radius 2 is 1.94 bits per heavy atom. The maximum absolute atomic E-state index is 10.5. The van der Waals surface area contributed by atoms with E-state index in [9.17, 15) is 5.11 Å². The van der Waals surface area contributed by atoms with Crippen molar-refractivity contribution >= 4 is 23.0 Å². The third kappa shape index (κ3) is 2.71. The van der Waals surface area contributed by atoms with Gasteiger partial charge in [0.05, 0.1) is 5.60 Å². The van der Waals surface area contributed by atoms with Crippen LogP contribution >= 0.6 is 12.2 Å². The zero-order valence-corrected chi connectivity index (χ0v) is 10.5. The summed E-state index contributed by atoms with van der Waals surface area (Å²) in [6.07, 6.45) is 1.30. The molecule has 0 spiro atoms. The predicted octanol–water partition coefficient (Wildman–Crippen LogP) is 2.35. The lowest BCUT2D eigenvalue weighted by Crippen LogP contribution is -2.27. The van der Waals surface area contributed by atoms with Crippen LogP contribution in [0, 0.1) is 0 Å². The summed E-state index contributed by atoms with van der Waals surface area (Å²) in [4.78, 5) is 0. The van der Waals surface area contributed by atoms with Crippen LogP contribution in [0.5, 0.6) is 0 Å². The minimum atomic E-state index is -0.825. The lowest BCUT2D eigenvalue weighted by atomic mass is 9.87. The van der Waals surface area contributed by atoms with Gasteiger partial charge in [0.2, 0.25) is 0 Å². The van der Waals surface area contributed by atoms with E-state index in [1.807, 2.05) is 38.1 Å². The third-order valence-corrected chi connectivity index (χ3v) is 2.96. The zero-order chi connectivity index (χ0) is 12.2. The fourth-order valence-electron chi connectivity index (χ4n) is 1.76. The molecule has 0 heterocycles. The van der Waals surface area contributed by atoms with Crippen molar-refractivity contribution in [2.75, 3.05) is 5.32 Å². The van der Waals surface area contributed by atoms with E-state index in [4.69, 9.17) is 18.0 Å². The summed E-state index contributed by atoms with van der Waals surface area (Å²) in [7, 11) is 0. The van der Waals surface area contributed by atoms with E-state index in [0.29, 0.717) is 12.8 Å². The Bertz CT molecular complexity index is 375. The molecule has 1 aromatic carbocycles. The SMILES string of the molecule is CCC(O)(CC)c1ccccc1NC(N)=S. The van der Waals surface area contributed by atoms with Crippen molar-refractivity contribution in [2.24, 2.45) is 5.73 Å². The monoisotopic (exact) mass is 238 g/mol. The minimum absolute atomic E-state index is 0.210. The van der Waals surface area contributed by atoms with Crippen molar-refractivity contribution < 1.29 is 5.11 Å². The summed E-state index contributed by atoms with van der Waals surface area (Å²) in [6, 6.07) is 7.55. The second kappa shape index (κ2) is 5.27. The fourth-order valence-corrected chi connectivity index (χ4v) is 1.87. The summed E-state index contributed by atoms with van der Waals surface area (Å²) in [5.41, 5.74) is 6.25. The van der Waals surface area contributed by atoms with Crippen LogP contribution in [0.25, 0.3) is 0 Å². The molecule has 0 saturated carbocycles. The molecule has 0 atom stereocenters. The van der Waals surface area contributed by atoms with E-state index < -0.39 is 5.60 Å². The highest BCUT2D eigenvalue weighted by atomic mass is 32.1. The van der Waals surface area contributed by atoms with Gasteiger partial charge in [0, 0.05) is 11.3 Å². The molecule has 0 radical (unpaired) electrons. The third-order valence-electron chi connectivity index (χ3n) is 2.86.